The van der Waals surface area contributed by atoms with E-state index in [1.807, 2.05) is 0 Å². The Bertz CT molecular complexity index is 710. The van der Waals surface area contributed by atoms with Gasteiger partial charge in [-0.25, -0.2) is 0 Å². The number of carbonyl (C=O) groups excluding carboxylic acids is 1. The van der Waals surface area contributed by atoms with Gasteiger partial charge in [0, 0.05) is 17.3 Å². The van der Waals surface area contributed by atoms with Crippen LogP contribution in [-0.4, -0.2) is 26.2 Å². The highest BCUT2D eigenvalue weighted by Crippen LogP contribution is 2.27. The number of benzene rings is 2. The van der Waals surface area contributed by atoms with Crippen molar-refractivity contribution in [3.63, 3.8) is 0 Å². The van der Waals surface area contributed by atoms with Crippen LogP contribution in [0.1, 0.15) is 10.4 Å². The summed E-state index contributed by atoms with van der Waals surface area (Å²) in [4.78, 5) is 12.5. The van der Waals surface area contributed by atoms with Crippen LogP contribution in [0.3, 0.4) is 0 Å². The van der Waals surface area contributed by atoms with Crippen molar-refractivity contribution in [1.82, 2.24) is 0 Å². The average Bonchev–Trinajstić information content (AvgIpc) is 2.52. The fraction of sp³-hybridized carbons (Fsp3) is 0.188. The van der Waals surface area contributed by atoms with E-state index in [0.29, 0.717) is 40.3 Å². The molecule has 0 radical (unpaired) electrons. The largest absolute Gasteiger partial charge is 0.490 e. The summed E-state index contributed by atoms with van der Waals surface area (Å²) in [6.45, 7) is 0.787. The summed E-state index contributed by atoms with van der Waals surface area (Å²) in [6, 6.07) is 10.1. The Morgan fingerprint density at radius 1 is 1.13 bits per heavy atom. The molecule has 0 aliphatic carbocycles. The summed E-state index contributed by atoms with van der Waals surface area (Å²) in [7, 11) is 1.59. The number of anilines is 1. The van der Waals surface area contributed by atoms with Gasteiger partial charge >= 0.3 is 0 Å². The van der Waals surface area contributed by atoms with Gasteiger partial charge < -0.3 is 14.8 Å². The van der Waals surface area contributed by atoms with Crippen LogP contribution in [0.5, 0.6) is 5.75 Å². The summed E-state index contributed by atoms with van der Waals surface area (Å²) in [5.41, 5.74) is 0.953. The van der Waals surface area contributed by atoms with Crippen LogP contribution in [0.2, 0.25) is 10.0 Å². The highest BCUT2D eigenvalue weighted by atomic mass is 79.9. The lowest BCUT2D eigenvalue weighted by Gasteiger charge is -2.12. The van der Waals surface area contributed by atoms with Crippen molar-refractivity contribution in [2.75, 3.05) is 25.6 Å². The maximum Gasteiger partial charge on any atom is 0.259 e. The van der Waals surface area contributed by atoms with Crippen LogP contribution in [0.4, 0.5) is 5.69 Å². The summed E-state index contributed by atoms with van der Waals surface area (Å²) < 4.78 is 11.3. The minimum absolute atomic E-state index is 0.308. The molecule has 0 spiro atoms. The van der Waals surface area contributed by atoms with Gasteiger partial charge in [0.05, 0.1) is 22.2 Å². The second-order valence-electron chi connectivity index (χ2n) is 4.56. The van der Waals surface area contributed by atoms with Crippen molar-refractivity contribution in [1.29, 1.82) is 0 Å². The lowest BCUT2D eigenvalue weighted by Crippen LogP contribution is -2.15. The Kier molecular flexibility index (Phi) is 6.72. The molecular formula is C16H14BrCl2NO3. The molecule has 0 unspecified atom stereocenters. The Morgan fingerprint density at radius 3 is 2.61 bits per heavy atom. The van der Waals surface area contributed by atoms with Crippen LogP contribution < -0.4 is 10.1 Å². The molecule has 0 bridgehead atoms. The second-order valence-corrected chi connectivity index (χ2v) is 6.29. The Hall–Kier alpha value is -1.27. The highest BCUT2D eigenvalue weighted by molar-refractivity contribution is 9.10. The molecule has 4 nitrogen and oxygen atoms in total. The number of methoxy groups -OCH3 is 1. The molecule has 1 N–H and O–H groups in total. The third kappa shape index (κ3) is 5.11. The van der Waals surface area contributed by atoms with Gasteiger partial charge in [-0.05, 0) is 36.4 Å². The molecule has 0 heterocycles. The first kappa shape index (κ1) is 18.1. The number of nitrogens with one attached hydrogen (secondary N) is 1. The Labute approximate surface area is 152 Å². The predicted octanol–water partition coefficient (Wildman–Crippen LogP) is 5.03. The zero-order valence-electron chi connectivity index (χ0n) is 12.2. The molecule has 122 valence electrons. The Morgan fingerprint density at radius 2 is 1.91 bits per heavy atom. The smallest absolute Gasteiger partial charge is 0.259 e. The normalized spacial score (nSPS) is 10.4. The van der Waals surface area contributed by atoms with Gasteiger partial charge in [0.1, 0.15) is 12.4 Å². The molecule has 23 heavy (non-hydrogen) atoms. The molecule has 0 atom stereocenters. The van der Waals surface area contributed by atoms with E-state index in [2.05, 4.69) is 21.2 Å². The molecule has 0 aromatic heterocycles. The quantitative estimate of drug-likeness (QED) is 0.669. The van der Waals surface area contributed by atoms with Gasteiger partial charge in [0.15, 0.2) is 0 Å². The third-order valence-corrected chi connectivity index (χ3v) is 4.14. The maximum absolute atomic E-state index is 12.5. The molecule has 0 saturated heterocycles. The topological polar surface area (TPSA) is 47.6 Å². The van der Waals surface area contributed by atoms with Crippen LogP contribution >= 0.6 is 39.1 Å². The highest BCUT2D eigenvalue weighted by Gasteiger charge is 2.14. The van der Waals surface area contributed by atoms with Crippen LogP contribution in [0.15, 0.2) is 40.9 Å². The van der Waals surface area contributed by atoms with Crippen molar-refractivity contribution in [3.05, 3.63) is 56.5 Å². The third-order valence-electron chi connectivity index (χ3n) is 2.91. The standard InChI is InChI=1S/C16H14BrCl2NO3/c1-22-6-7-23-15-5-2-10(17)8-12(15)16(21)20-11-3-4-13(18)14(19)9-11/h2-5,8-9H,6-7H2,1H3,(H,20,21). The fourth-order valence-corrected chi connectivity index (χ4v) is 2.47. The number of halogens is 3. The lowest BCUT2D eigenvalue weighted by atomic mass is 10.2. The van der Waals surface area contributed by atoms with Gasteiger partial charge in [-0.2, -0.15) is 0 Å². The molecule has 2 rings (SSSR count). The molecule has 7 heteroatoms. The van der Waals surface area contributed by atoms with Crippen molar-refractivity contribution >= 4 is 50.7 Å². The fourth-order valence-electron chi connectivity index (χ4n) is 1.81. The first-order valence-electron chi connectivity index (χ1n) is 6.69. The zero-order valence-corrected chi connectivity index (χ0v) is 15.3. The van der Waals surface area contributed by atoms with E-state index in [1.165, 1.54) is 0 Å². The number of amides is 1. The van der Waals surface area contributed by atoms with E-state index in [4.69, 9.17) is 32.7 Å². The minimum atomic E-state index is -0.308. The zero-order chi connectivity index (χ0) is 16.8. The molecule has 0 saturated carbocycles. The molecule has 0 aliphatic rings. The number of hydrogen-bond donors (Lipinski definition) is 1. The molecule has 1 amide bonds. The van der Waals surface area contributed by atoms with E-state index in [1.54, 1.807) is 43.5 Å². The second kappa shape index (κ2) is 8.55. The van der Waals surface area contributed by atoms with Crippen LogP contribution in [0.25, 0.3) is 0 Å². The minimum Gasteiger partial charge on any atom is -0.490 e. The predicted molar refractivity (Wildman–Crippen MR) is 95.9 cm³/mol. The molecular weight excluding hydrogens is 405 g/mol. The van der Waals surface area contributed by atoms with Gasteiger partial charge in [-0.3, -0.25) is 4.79 Å². The van der Waals surface area contributed by atoms with E-state index in [0.717, 1.165) is 4.47 Å². The summed E-state index contributed by atoms with van der Waals surface area (Å²) in [5, 5.41) is 3.57. The first-order chi connectivity index (χ1) is 11.0. The van der Waals surface area contributed by atoms with E-state index >= 15 is 0 Å². The summed E-state index contributed by atoms with van der Waals surface area (Å²) in [5.74, 6) is 0.167. The van der Waals surface area contributed by atoms with E-state index < -0.39 is 0 Å². The van der Waals surface area contributed by atoms with Crippen LogP contribution in [-0.2, 0) is 4.74 Å². The van der Waals surface area contributed by atoms with Crippen LogP contribution in [0, 0.1) is 0 Å². The van der Waals surface area contributed by atoms with Crippen molar-refractivity contribution < 1.29 is 14.3 Å². The van der Waals surface area contributed by atoms with Crippen molar-refractivity contribution in [2.24, 2.45) is 0 Å². The maximum atomic E-state index is 12.5. The average molecular weight is 419 g/mol. The number of carbonyl (C=O) groups is 1. The van der Waals surface area contributed by atoms with Gasteiger partial charge in [0.2, 0.25) is 0 Å². The molecule has 0 aliphatic heterocycles. The van der Waals surface area contributed by atoms with Gasteiger partial charge in [-0.15, -0.1) is 0 Å². The van der Waals surface area contributed by atoms with Gasteiger partial charge in [0.25, 0.3) is 5.91 Å². The van der Waals surface area contributed by atoms with Crippen molar-refractivity contribution in [3.8, 4) is 5.75 Å². The molecule has 2 aromatic rings. The molecule has 0 fully saturated rings. The van der Waals surface area contributed by atoms with Gasteiger partial charge in [-0.1, -0.05) is 39.1 Å². The van der Waals surface area contributed by atoms with Crippen molar-refractivity contribution in [2.45, 2.75) is 0 Å². The lowest BCUT2D eigenvalue weighted by molar-refractivity contribution is 0.101. The molecule has 2 aromatic carbocycles. The van der Waals surface area contributed by atoms with E-state index in [9.17, 15) is 4.79 Å². The SMILES string of the molecule is COCCOc1ccc(Br)cc1C(=O)Nc1ccc(Cl)c(Cl)c1. The first-order valence-corrected chi connectivity index (χ1v) is 8.24. The number of hydrogen-bond acceptors (Lipinski definition) is 3. The van der Waals surface area contributed by atoms with E-state index in [-0.39, 0.29) is 5.91 Å². The number of rotatable bonds is 6. The monoisotopic (exact) mass is 417 g/mol. The Balaban J connectivity index is 2.19. The number of ether oxygens (including phenoxy) is 2. The summed E-state index contributed by atoms with van der Waals surface area (Å²) in [6.07, 6.45) is 0. The summed E-state index contributed by atoms with van der Waals surface area (Å²) >= 11 is 15.2.